The van der Waals surface area contributed by atoms with E-state index in [1.54, 1.807) is 30.3 Å². The van der Waals surface area contributed by atoms with Crippen molar-refractivity contribution in [3.63, 3.8) is 0 Å². The Morgan fingerprint density at radius 1 is 1.05 bits per heavy atom. The molecule has 0 saturated heterocycles. The topological polar surface area (TPSA) is 72.5 Å². The molecule has 0 radical (unpaired) electrons. The molecule has 2 aromatic carbocycles. The highest BCUT2D eigenvalue weighted by atomic mass is 32.2. The highest BCUT2D eigenvalue weighted by Gasteiger charge is 2.66. The summed E-state index contributed by atoms with van der Waals surface area (Å²) in [7, 11) is -3.53. The van der Waals surface area contributed by atoms with Gasteiger partial charge in [0.2, 0.25) is 0 Å². The minimum Gasteiger partial charge on any atom is -0.459 e. The fourth-order valence-electron chi connectivity index (χ4n) is 6.42. The zero-order valence-corrected chi connectivity index (χ0v) is 23.6. The van der Waals surface area contributed by atoms with Crippen molar-refractivity contribution in [1.29, 1.82) is 0 Å². The van der Waals surface area contributed by atoms with E-state index in [1.807, 2.05) is 36.4 Å². The third-order valence-electron chi connectivity index (χ3n) is 8.54. The summed E-state index contributed by atoms with van der Waals surface area (Å²) in [6, 6.07) is 18.7. The molecule has 6 heteroatoms. The molecule has 0 unspecified atom stereocenters. The third-order valence-corrected chi connectivity index (χ3v) is 10.4. The van der Waals surface area contributed by atoms with E-state index < -0.39 is 27.3 Å². The lowest BCUT2D eigenvalue weighted by Gasteiger charge is -2.41. The van der Waals surface area contributed by atoms with Crippen LogP contribution in [0.15, 0.2) is 77.3 Å². The Kier molecular flexibility index (Phi) is 7.62. The van der Waals surface area contributed by atoms with Crippen molar-refractivity contribution in [1.82, 2.24) is 5.32 Å². The zero-order valence-electron chi connectivity index (χ0n) is 22.8. The van der Waals surface area contributed by atoms with Crippen LogP contribution in [0.1, 0.15) is 65.9 Å². The summed E-state index contributed by atoms with van der Waals surface area (Å²) in [5.74, 6) is -0.0637. The number of nitrogens with one attached hydrogen (secondary N) is 1. The molecule has 0 heterocycles. The average molecular weight is 524 g/mol. The second kappa shape index (κ2) is 10.3. The van der Waals surface area contributed by atoms with Gasteiger partial charge in [-0.2, -0.15) is 0 Å². The van der Waals surface area contributed by atoms with E-state index >= 15 is 0 Å². The standard InChI is InChI=1S/C31H41NO4S/c1-29(2,3)20-25(32-21-23-12-8-6-9-13-23)19-28(33)36-27-18-24-16-17-31(27,30(24,4)5)22-37(34,35)26-14-10-7-11-15-26/h6-15,19,24,27,32H,16-18,20-22H2,1-5H3/b25-19-/t24-,27-,31-/m0/s1. The number of sulfone groups is 1. The molecule has 0 aromatic heterocycles. The van der Waals surface area contributed by atoms with E-state index in [0.717, 1.165) is 24.1 Å². The van der Waals surface area contributed by atoms with Crippen LogP contribution in [0.25, 0.3) is 0 Å². The summed E-state index contributed by atoms with van der Waals surface area (Å²) in [5, 5.41) is 3.43. The van der Waals surface area contributed by atoms with Crippen LogP contribution in [0, 0.1) is 22.2 Å². The number of hydrogen-bond acceptors (Lipinski definition) is 5. The molecule has 0 amide bonds. The molecule has 4 rings (SSSR count). The molecular formula is C31H41NO4S. The van der Waals surface area contributed by atoms with Crippen molar-refractivity contribution in [3.05, 3.63) is 78.0 Å². The number of fused-ring (bicyclic) bond motifs is 2. The molecular weight excluding hydrogens is 482 g/mol. The lowest BCUT2D eigenvalue weighted by molar-refractivity contribution is -0.150. The average Bonchev–Trinajstić information content (AvgIpc) is 3.17. The predicted octanol–water partition coefficient (Wildman–Crippen LogP) is 6.31. The fraction of sp³-hybridized carbons (Fsp3) is 0.516. The summed E-state index contributed by atoms with van der Waals surface area (Å²) in [6.07, 6.45) is 4.28. The first-order chi connectivity index (χ1) is 17.3. The number of esters is 1. The Bertz CT molecular complexity index is 1230. The van der Waals surface area contributed by atoms with Gasteiger partial charge in [0.15, 0.2) is 9.84 Å². The van der Waals surface area contributed by atoms with E-state index in [-0.39, 0.29) is 16.6 Å². The minimum atomic E-state index is -3.53. The van der Waals surface area contributed by atoms with E-state index in [2.05, 4.69) is 39.9 Å². The monoisotopic (exact) mass is 523 g/mol. The highest BCUT2D eigenvalue weighted by Crippen LogP contribution is 2.67. The molecule has 5 nitrogen and oxygen atoms in total. The molecule has 2 fully saturated rings. The Morgan fingerprint density at radius 3 is 2.27 bits per heavy atom. The van der Waals surface area contributed by atoms with Crippen LogP contribution in [0.3, 0.4) is 0 Å². The van der Waals surface area contributed by atoms with Gasteiger partial charge in [-0.1, -0.05) is 83.1 Å². The Morgan fingerprint density at radius 2 is 1.68 bits per heavy atom. The Balaban J connectivity index is 1.55. The first-order valence-electron chi connectivity index (χ1n) is 13.3. The van der Waals surface area contributed by atoms with Gasteiger partial charge >= 0.3 is 5.97 Å². The molecule has 2 saturated carbocycles. The summed E-state index contributed by atoms with van der Waals surface area (Å²) >= 11 is 0. The number of carbonyl (C=O) groups is 1. The van der Waals surface area contributed by atoms with Crippen molar-refractivity contribution >= 4 is 15.8 Å². The number of ether oxygens (including phenoxy) is 1. The van der Waals surface area contributed by atoms with Gasteiger partial charge in [-0.3, -0.25) is 0 Å². The van der Waals surface area contributed by atoms with Gasteiger partial charge in [0, 0.05) is 23.7 Å². The minimum absolute atomic E-state index is 0.00369. The summed E-state index contributed by atoms with van der Waals surface area (Å²) in [4.78, 5) is 13.6. The second-order valence-electron chi connectivity index (χ2n) is 12.6. The number of benzene rings is 2. The largest absolute Gasteiger partial charge is 0.459 e. The molecule has 2 aliphatic rings. The molecule has 2 aromatic rings. The van der Waals surface area contributed by atoms with Crippen LogP contribution in [0.5, 0.6) is 0 Å². The zero-order chi connectivity index (χ0) is 26.9. The molecule has 37 heavy (non-hydrogen) atoms. The van der Waals surface area contributed by atoms with E-state index in [0.29, 0.717) is 30.2 Å². The molecule has 1 N–H and O–H groups in total. The van der Waals surface area contributed by atoms with E-state index in [4.69, 9.17) is 4.74 Å². The highest BCUT2D eigenvalue weighted by molar-refractivity contribution is 7.91. The van der Waals surface area contributed by atoms with Crippen molar-refractivity contribution in [2.45, 2.75) is 77.8 Å². The van der Waals surface area contributed by atoms with Crippen LogP contribution in [-0.2, 0) is 25.9 Å². The molecule has 0 aliphatic heterocycles. The summed E-state index contributed by atoms with van der Waals surface area (Å²) in [5.41, 5.74) is 1.11. The smallest absolute Gasteiger partial charge is 0.332 e. The molecule has 3 atom stereocenters. The fourth-order valence-corrected chi connectivity index (χ4v) is 8.54. The number of carbonyl (C=O) groups excluding carboxylic acids is 1. The maximum atomic E-state index is 13.5. The van der Waals surface area contributed by atoms with Crippen LogP contribution >= 0.6 is 0 Å². The predicted molar refractivity (Wildman–Crippen MR) is 147 cm³/mol. The quantitative estimate of drug-likeness (QED) is 0.308. The van der Waals surface area contributed by atoms with Gasteiger partial charge in [0.1, 0.15) is 6.10 Å². The van der Waals surface area contributed by atoms with Crippen molar-refractivity contribution in [2.24, 2.45) is 22.2 Å². The third kappa shape index (κ3) is 5.95. The molecule has 0 spiro atoms. The Labute approximate surface area is 222 Å². The van der Waals surface area contributed by atoms with Gasteiger partial charge in [-0.15, -0.1) is 0 Å². The van der Waals surface area contributed by atoms with Gasteiger partial charge in [-0.25, -0.2) is 13.2 Å². The van der Waals surface area contributed by atoms with Gasteiger partial charge in [-0.05, 0) is 60.1 Å². The maximum Gasteiger partial charge on any atom is 0.332 e. The Hall–Kier alpha value is -2.60. The van der Waals surface area contributed by atoms with Gasteiger partial charge in [0.25, 0.3) is 0 Å². The lowest BCUT2D eigenvalue weighted by atomic mass is 9.69. The molecule has 200 valence electrons. The van der Waals surface area contributed by atoms with Crippen LogP contribution < -0.4 is 5.32 Å². The van der Waals surface area contributed by atoms with Gasteiger partial charge < -0.3 is 10.1 Å². The summed E-state index contributed by atoms with van der Waals surface area (Å²) < 4.78 is 33.1. The second-order valence-corrected chi connectivity index (χ2v) is 14.6. The van der Waals surface area contributed by atoms with Crippen molar-refractivity contribution < 1.29 is 17.9 Å². The van der Waals surface area contributed by atoms with Crippen LogP contribution in [0.2, 0.25) is 0 Å². The van der Waals surface area contributed by atoms with Crippen LogP contribution in [0.4, 0.5) is 0 Å². The van der Waals surface area contributed by atoms with Crippen molar-refractivity contribution in [2.75, 3.05) is 5.75 Å². The van der Waals surface area contributed by atoms with E-state index in [9.17, 15) is 13.2 Å². The van der Waals surface area contributed by atoms with E-state index in [1.165, 1.54) is 0 Å². The normalized spacial score (nSPS) is 25.2. The van der Waals surface area contributed by atoms with Gasteiger partial charge in [0.05, 0.1) is 10.6 Å². The maximum absolute atomic E-state index is 13.5. The lowest BCUT2D eigenvalue weighted by Crippen LogP contribution is -2.46. The first kappa shape index (κ1) is 27.4. The number of rotatable bonds is 9. The molecule has 2 bridgehead atoms. The first-order valence-corrected chi connectivity index (χ1v) is 14.9. The SMILES string of the molecule is CC(C)(C)C/C(=C/C(=O)O[C@H]1C[C@@H]2CC[C@@]1(CS(=O)(=O)c1ccccc1)C2(C)C)NCc1ccccc1. The molecule has 2 aliphatic carbocycles. The number of allylic oxidation sites excluding steroid dienone is 1. The summed E-state index contributed by atoms with van der Waals surface area (Å²) in [6.45, 7) is 11.3. The van der Waals surface area contributed by atoms with Crippen molar-refractivity contribution in [3.8, 4) is 0 Å². The number of hydrogen-bond donors (Lipinski definition) is 1. The van der Waals surface area contributed by atoms with Crippen LogP contribution in [-0.4, -0.2) is 26.2 Å².